The van der Waals surface area contributed by atoms with Crippen LogP contribution in [-0.2, 0) is 9.53 Å². The number of ether oxygens (including phenoxy) is 1. The fourth-order valence-corrected chi connectivity index (χ4v) is 1.15. The first-order chi connectivity index (χ1) is 7.06. The Morgan fingerprint density at radius 3 is 2.27 bits per heavy atom. The van der Waals surface area contributed by atoms with E-state index in [4.69, 9.17) is 0 Å². The molecule has 0 rings (SSSR count). The fraction of sp³-hybridized carbons (Fsp3) is 0.800. The van der Waals surface area contributed by atoms with Crippen LogP contribution in [0.15, 0.2) is 0 Å². The van der Waals surface area contributed by atoms with Crippen LogP contribution in [0.1, 0.15) is 20.8 Å². The number of nitrogens with zero attached hydrogens (tertiary/aromatic N) is 1. The summed E-state index contributed by atoms with van der Waals surface area (Å²) in [5, 5.41) is 2.69. The number of carbonyl (C=O) groups is 2. The van der Waals surface area contributed by atoms with Gasteiger partial charge in [-0.2, -0.15) is 0 Å². The second-order valence-electron chi connectivity index (χ2n) is 3.28. The number of methoxy groups -OCH3 is 1. The van der Waals surface area contributed by atoms with Crippen LogP contribution in [0.5, 0.6) is 0 Å². The first-order valence-corrected chi connectivity index (χ1v) is 5.17. The Bertz CT molecular complexity index is 215. The fourth-order valence-electron chi connectivity index (χ4n) is 1.15. The zero-order valence-corrected chi connectivity index (χ0v) is 9.87. The predicted octanol–water partition coefficient (Wildman–Crippen LogP) is 0.847. The quantitative estimate of drug-likeness (QED) is 0.693. The summed E-state index contributed by atoms with van der Waals surface area (Å²) in [4.78, 5) is 24.2. The standard InChI is InChI=1S/C10H20N2O3/c1-5-12(6-2)10(14)11-7-8(3)9(13)15-4/h8H,5-7H2,1-4H3,(H,11,14)/t8-/m1/s1. The monoisotopic (exact) mass is 216 g/mol. The van der Waals surface area contributed by atoms with E-state index >= 15 is 0 Å². The van der Waals surface area contributed by atoms with Crippen LogP contribution in [0.3, 0.4) is 0 Å². The van der Waals surface area contributed by atoms with Crippen LogP contribution < -0.4 is 5.32 Å². The summed E-state index contributed by atoms with van der Waals surface area (Å²) < 4.78 is 4.55. The van der Waals surface area contributed by atoms with Crippen LogP contribution in [0.2, 0.25) is 0 Å². The Labute approximate surface area is 90.8 Å². The van der Waals surface area contributed by atoms with E-state index in [9.17, 15) is 9.59 Å². The minimum absolute atomic E-state index is 0.143. The molecule has 0 radical (unpaired) electrons. The van der Waals surface area contributed by atoms with Crippen molar-refractivity contribution in [2.24, 2.45) is 5.92 Å². The highest BCUT2D eigenvalue weighted by Gasteiger charge is 2.15. The molecule has 0 spiro atoms. The van der Waals surface area contributed by atoms with E-state index in [1.165, 1.54) is 7.11 Å². The molecule has 0 fully saturated rings. The molecule has 0 aromatic heterocycles. The Hall–Kier alpha value is -1.26. The maximum atomic E-state index is 11.5. The van der Waals surface area contributed by atoms with E-state index < -0.39 is 0 Å². The van der Waals surface area contributed by atoms with E-state index in [0.717, 1.165) is 0 Å². The molecule has 15 heavy (non-hydrogen) atoms. The van der Waals surface area contributed by atoms with Crippen molar-refractivity contribution in [3.8, 4) is 0 Å². The molecule has 0 aromatic rings. The molecule has 0 saturated heterocycles. The lowest BCUT2D eigenvalue weighted by Crippen LogP contribution is -2.42. The van der Waals surface area contributed by atoms with Crippen LogP contribution in [-0.4, -0.2) is 43.6 Å². The third-order valence-electron chi connectivity index (χ3n) is 2.21. The smallest absolute Gasteiger partial charge is 0.317 e. The molecule has 0 heterocycles. The number of urea groups is 1. The minimum Gasteiger partial charge on any atom is -0.469 e. The number of hydrogen-bond acceptors (Lipinski definition) is 3. The number of esters is 1. The SMILES string of the molecule is CCN(CC)C(=O)NC[C@@H](C)C(=O)OC. The van der Waals surface area contributed by atoms with Gasteiger partial charge in [0.25, 0.3) is 0 Å². The Kier molecular flexibility index (Phi) is 6.49. The van der Waals surface area contributed by atoms with E-state index in [0.29, 0.717) is 19.6 Å². The first-order valence-electron chi connectivity index (χ1n) is 5.17. The number of nitrogens with one attached hydrogen (secondary N) is 1. The lowest BCUT2D eigenvalue weighted by atomic mass is 10.2. The topological polar surface area (TPSA) is 58.6 Å². The molecule has 0 aliphatic rings. The van der Waals surface area contributed by atoms with Gasteiger partial charge in [-0.1, -0.05) is 6.92 Å². The lowest BCUT2D eigenvalue weighted by Gasteiger charge is -2.20. The molecule has 0 aromatic carbocycles. The van der Waals surface area contributed by atoms with Gasteiger partial charge in [0.1, 0.15) is 0 Å². The molecule has 2 amide bonds. The largest absolute Gasteiger partial charge is 0.469 e. The summed E-state index contributed by atoms with van der Waals surface area (Å²) in [7, 11) is 1.34. The van der Waals surface area contributed by atoms with Gasteiger partial charge in [-0.25, -0.2) is 4.79 Å². The van der Waals surface area contributed by atoms with Crippen LogP contribution in [0.4, 0.5) is 4.79 Å². The zero-order valence-electron chi connectivity index (χ0n) is 9.87. The van der Waals surface area contributed by atoms with Gasteiger partial charge in [0.05, 0.1) is 13.0 Å². The van der Waals surface area contributed by atoms with Gasteiger partial charge in [0.15, 0.2) is 0 Å². The van der Waals surface area contributed by atoms with Crippen molar-refractivity contribution in [3.63, 3.8) is 0 Å². The summed E-state index contributed by atoms with van der Waals surface area (Å²) in [5.41, 5.74) is 0. The maximum Gasteiger partial charge on any atom is 0.317 e. The van der Waals surface area contributed by atoms with Gasteiger partial charge in [0.2, 0.25) is 0 Å². The van der Waals surface area contributed by atoms with Crippen LogP contribution >= 0.6 is 0 Å². The molecule has 1 N–H and O–H groups in total. The molecule has 5 nitrogen and oxygen atoms in total. The summed E-state index contributed by atoms with van der Waals surface area (Å²) in [6.45, 7) is 7.17. The summed E-state index contributed by atoms with van der Waals surface area (Å²) in [6, 6.07) is -0.143. The number of amides is 2. The van der Waals surface area contributed by atoms with Crippen molar-refractivity contribution in [2.45, 2.75) is 20.8 Å². The van der Waals surface area contributed by atoms with E-state index in [1.54, 1.807) is 11.8 Å². The second-order valence-corrected chi connectivity index (χ2v) is 3.28. The van der Waals surface area contributed by atoms with Crippen molar-refractivity contribution < 1.29 is 14.3 Å². The number of rotatable bonds is 5. The zero-order chi connectivity index (χ0) is 11.8. The van der Waals surface area contributed by atoms with Gasteiger partial charge in [0, 0.05) is 19.6 Å². The molecule has 0 saturated carbocycles. The van der Waals surface area contributed by atoms with Gasteiger partial charge in [-0.3, -0.25) is 4.79 Å². The Morgan fingerprint density at radius 2 is 1.87 bits per heavy atom. The van der Waals surface area contributed by atoms with Crippen LogP contribution in [0, 0.1) is 5.92 Å². The molecular weight excluding hydrogens is 196 g/mol. The molecule has 0 aliphatic carbocycles. The normalized spacial score (nSPS) is 11.7. The molecule has 5 heteroatoms. The van der Waals surface area contributed by atoms with Gasteiger partial charge < -0.3 is 15.0 Å². The van der Waals surface area contributed by atoms with E-state index in [-0.39, 0.29) is 17.9 Å². The molecule has 0 bridgehead atoms. The number of hydrogen-bond donors (Lipinski definition) is 1. The molecule has 0 unspecified atom stereocenters. The van der Waals surface area contributed by atoms with E-state index in [2.05, 4.69) is 10.1 Å². The highest BCUT2D eigenvalue weighted by Crippen LogP contribution is 1.96. The Morgan fingerprint density at radius 1 is 1.33 bits per heavy atom. The van der Waals surface area contributed by atoms with Gasteiger partial charge in [-0.15, -0.1) is 0 Å². The van der Waals surface area contributed by atoms with Gasteiger partial charge in [-0.05, 0) is 13.8 Å². The second kappa shape index (κ2) is 7.09. The Balaban J connectivity index is 3.94. The molecule has 1 atom stereocenters. The minimum atomic E-state index is -0.311. The third kappa shape index (κ3) is 4.67. The van der Waals surface area contributed by atoms with Crippen molar-refractivity contribution in [1.29, 1.82) is 0 Å². The lowest BCUT2D eigenvalue weighted by molar-refractivity contribution is -0.144. The van der Waals surface area contributed by atoms with Crippen molar-refractivity contribution in [2.75, 3.05) is 26.7 Å². The van der Waals surface area contributed by atoms with Crippen molar-refractivity contribution >= 4 is 12.0 Å². The van der Waals surface area contributed by atoms with Gasteiger partial charge >= 0.3 is 12.0 Å². The first kappa shape index (κ1) is 13.7. The average Bonchev–Trinajstić information content (AvgIpc) is 2.26. The average molecular weight is 216 g/mol. The molecule has 0 aliphatic heterocycles. The molecule has 88 valence electrons. The van der Waals surface area contributed by atoms with Crippen LogP contribution in [0.25, 0.3) is 0 Å². The van der Waals surface area contributed by atoms with E-state index in [1.807, 2.05) is 13.8 Å². The highest BCUT2D eigenvalue weighted by molar-refractivity contribution is 5.76. The number of carbonyl (C=O) groups excluding carboxylic acids is 2. The third-order valence-corrected chi connectivity index (χ3v) is 2.21. The predicted molar refractivity (Wildman–Crippen MR) is 57.5 cm³/mol. The molecular formula is C10H20N2O3. The summed E-state index contributed by atoms with van der Waals surface area (Å²) >= 11 is 0. The highest BCUT2D eigenvalue weighted by atomic mass is 16.5. The summed E-state index contributed by atoms with van der Waals surface area (Å²) in [5.74, 6) is -0.621. The maximum absolute atomic E-state index is 11.5. The van der Waals surface area contributed by atoms with Crippen molar-refractivity contribution in [3.05, 3.63) is 0 Å². The summed E-state index contributed by atoms with van der Waals surface area (Å²) in [6.07, 6.45) is 0. The van der Waals surface area contributed by atoms with Crippen molar-refractivity contribution in [1.82, 2.24) is 10.2 Å².